The first kappa shape index (κ1) is 18.6. The zero-order chi connectivity index (χ0) is 19.4. The van der Waals surface area contributed by atoms with Crippen molar-refractivity contribution >= 4 is 17.8 Å². The second kappa shape index (κ2) is 8.03. The lowest BCUT2D eigenvalue weighted by atomic mass is 10.1. The fourth-order valence-electron chi connectivity index (χ4n) is 3.12. The number of rotatable bonds is 4. The van der Waals surface area contributed by atoms with Crippen molar-refractivity contribution in [3.8, 4) is 0 Å². The number of carbonyl (C=O) groups is 3. The van der Waals surface area contributed by atoms with E-state index in [1.807, 2.05) is 24.3 Å². The maximum absolute atomic E-state index is 12.6. The van der Waals surface area contributed by atoms with Crippen LogP contribution in [0.5, 0.6) is 0 Å². The SMILES string of the molecule is CCc1ccc(C(=O)N2CCN(C(=O)c3ccc(C(=O)O)cc3)CC2)cc1. The number of amides is 2. The summed E-state index contributed by atoms with van der Waals surface area (Å²) in [5, 5.41) is 8.93. The molecule has 1 N–H and O–H groups in total. The van der Waals surface area contributed by atoms with Gasteiger partial charge in [0.2, 0.25) is 0 Å². The van der Waals surface area contributed by atoms with Gasteiger partial charge in [-0.3, -0.25) is 9.59 Å². The predicted molar refractivity (Wildman–Crippen MR) is 101 cm³/mol. The Hall–Kier alpha value is -3.15. The molecular weight excluding hydrogens is 344 g/mol. The molecule has 1 saturated heterocycles. The summed E-state index contributed by atoms with van der Waals surface area (Å²) in [5.41, 5.74) is 2.46. The van der Waals surface area contributed by atoms with Gasteiger partial charge >= 0.3 is 5.97 Å². The summed E-state index contributed by atoms with van der Waals surface area (Å²) >= 11 is 0. The minimum absolute atomic E-state index is 0.0180. The van der Waals surface area contributed by atoms with Gasteiger partial charge in [0.25, 0.3) is 11.8 Å². The van der Waals surface area contributed by atoms with Gasteiger partial charge < -0.3 is 14.9 Å². The van der Waals surface area contributed by atoms with Crippen molar-refractivity contribution in [1.29, 1.82) is 0 Å². The zero-order valence-electron chi connectivity index (χ0n) is 15.2. The number of nitrogens with zero attached hydrogens (tertiary/aromatic N) is 2. The van der Waals surface area contributed by atoms with Gasteiger partial charge in [-0.2, -0.15) is 0 Å². The van der Waals surface area contributed by atoms with Crippen LogP contribution >= 0.6 is 0 Å². The van der Waals surface area contributed by atoms with Crippen LogP contribution in [0.15, 0.2) is 48.5 Å². The van der Waals surface area contributed by atoms with Crippen LogP contribution in [0.1, 0.15) is 43.6 Å². The van der Waals surface area contributed by atoms with Crippen LogP contribution in [-0.4, -0.2) is 58.9 Å². The number of piperazine rings is 1. The van der Waals surface area contributed by atoms with Gasteiger partial charge in [0.15, 0.2) is 0 Å². The summed E-state index contributed by atoms with van der Waals surface area (Å²) < 4.78 is 0. The van der Waals surface area contributed by atoms with Crippen LogP contribution in [0.25, 0.3) is 0 Å². The van der Waals surface area contributed by atoms with Crippen LogP contribution in [0, 0.1) is 0 Å². The Bertz CT molecular complexity index is 835. The molecule has 3 rings (SSSR count). The quantitative estimate of drug-likeness (QED) is 0.902. The van der Waals surface area contributed by atoms with E-state index >= 15 is 0 Å². The van der Waals surface area contributed by atoms with E-state index in [9.17, 15) is 14.4 Å². The lowest BCUT2D eigenvalue weighted by molar-refractivity contribution is 0.0535. The summed E-state index contributed by atoms with van der Waals surface area (Å²) in [7, 11) is 0. The largest absolute Gasteiger partial charge is 0.478 e. The maximum atomic E-state index is 12.6. The first-order valence-corrected chi connectivity index (χ1v) is 9.00. The monoisotopic (exact) mass is 366 g/mol. The molecule has 0 unspecified atom stereocenters. The van der Waals surface area contributed by atoms with Gasteiger partial charge in [-0.25, -0.2) is 4.79 Å². The number of hydrogen-bond acceptors (Lipinski definition) is 3. The summed E-state index contributed by atoms with van der Waals surface area (Å²) in [6, 6.07) is 13.5. The third-order valence-corrected chi connectivity index (χ3v) is 4.84. The molecule has 0 saturated carbocycles. The normalized spacial score (nSPS) is 14.1. The van der Waals surface area contributed by atoms with E-state index in [-0.39, 0.29) is 17.4 Å². The van der Waals surface area contributed by atoms with Gasteiger partial charge in [-0.15, -0.1) is 0 Å². The van der Waals surface area contributed by atoms with Crippen LogP contribution in [0.2, 0.25) is 0 Å². The molecule has 0 radical (unpaired) electrons. The van der Waals surface area contributed by atoms with E-state index < -0.39 is 5.97 Å². The average molecular weight is 366 g/mol. The molecule has 1 fully saturated rings. The van der Waals surface area contributed by atoms with Crippen molar-refractivity contribution in [2.75, 3.05) is 26.2 Å². The minimum atomic E-state index is -1.02. The lowest BCUT2D eigenvalue weighted by Gasteiger charge is -2.35. The van der Waals surface area contributed by atoms with Crippen molar-refractivity contribution in [1.82, 2.24) is 9.80 Å². The number of benzene rings is 2. The standard InChI is InChI=1S/C21H22N2O4/c1-2-15-3-5-16(6-4-15)19(24)22-11-13-23(14-12-22)20(25)17-7-9-18(10-8-17)21(26)27/h3-10H,2,11-14H2,1H3,(H,26,27). The zero-order valence-corrected chi connectivity index (χ0v) is 15.2. The molecule has 6 heteroatoms. The van der Waals surface area contributed by atoms with Gasteiger partial charge in [-0.05, 0) is 48.4 Å². The Kier molecular flexibility index (Phi) is 5.54. The molecular formula is C21H22N2O4. The van der Waals surface area contributed by atoms with Gasteiger partial charge in [-0.1, -0.05) is 19.1 Å². The predicted octanol–water partition coefficient (Wildman–Crippen LogP) is 2.55. The summed E-state index contributed by atoms with van der Waals surface area (Å²) in [4.78, 5) is 39.5. The molecule has 6 nitrogen and oxygen atoms in total. The third-order valence-electron chi connectivity index (χ3n) is 4.84. The number of hydrogen-bond donors (Lipinski definition) is 1. The highest BCUT2D eigenvalue weighted by molar-refractivity contribution is 5.97. The Morgan fingerprint density at radius 1 is 0.741 bits per heavy atom. The highest BCUT2D eigenvalue weighted by atomic mass is 16.4. The van der Waals surface area contributed by atoms with Crippen molar-refractivity contribution in [3.63, 3.8) is 0 Å². The molecule has 140 valence electrons. The Balaban J connectivity index is 1.59. The smallest absolute Gasteiger partial charge is 0.335 e. The molecule has 2 aromatic carbocycles. The molecule has 0 spiro atoms. The van der Waals surface area contributed by atoms with E-state index in [0.29, 0.717) is 37.3 Å². The summed E-state index contributed by atoms with van der Waals surface area (Å²) in [6.45, 7) is 3.94. The molecule has 1 aliphatic heterocycles. The molecule has 0 aromatic heterocycles. The Morgan fingerprint density at radius 3 is 1.48 bits per heavy atom. The molecule has 0 aliphatic carbocycles. The second-order valence-electron chi connectivity index (χ2n) is 6.52. The van der Waals surface area contributed by atoms with Crippen LogP contribution < -0.4 is 0 Å². The number of aromatic carboxylic acids is 1. The fraction of sp³-hybridized carbons (Fsp3) is 0.286. The van der Waals surface area contributed by atoms with E-state index in [1.54, 1.807) is 9.80 Å². The molecule has 2 amide bonds. The summed E-state index contributed by atoms with van der Waals surface area (Å²) in [6.07, 6.45) is 0.933. The number of carboxylic acids is 1. The summed E-state index contributed by atoms with van der Waals surface area (Å²) in [5.74, 6) is -1.19. The Morgan fingerprint density at radius 2 is 1.11 bits per heavy atom. The van der Waals surface area contributed by atoms with E-state index in [1.165, 1.54) is 29.8 Å². The number of aryl methyl sites for hydroxylation is 1. The van der Waals surface area contributed by atoms with Crippen molar-refractivity contribution in [2.45, 2.75) is 13.3 Å². The molecule has 0 bridgehead atoms. The number of carboxylic acid groups (broad SMARTS) is 1. The van der Waals surface area contributed by atoms with Crippen molar-refractivity contribution in [3.05, 3.63) is 70.8 Å². The first-order valence-electron chi connectivity index (χ1n) is 9.00. The van der Waals surface area contributed by atoms with Gasteiger partial charge in [0, 0.05) is 37.3 Å². The first-order chi connectivity index (χ1) is 13.0. The molecule has 1 heterocycles. The number of carbonyl (C=O) groups excluding carboxylic acids is 2. The molecule has 27 heavy (non-hydrogen) atoms. The van der Waals surface area contributed by atoms with Gasteiger partial charge in [0.05, 0.1) is 5.56 Å². The van der Waals surface area contributed by atoms with Crippen LogP contribution in [-0.2, 0) is 6.42 Å². The van der Waals surface area contributed by atoms with Crippen molar-refractivity contribution in [2.24, 2.45) is 0 Å². The second-order valence-corrected chi connectivity index (χ2v) is 6.52. The van der Waals surface area contributed by atoms with E-state index in [4.69, 9.17) is 5.11 Å². The average Bonchev–Trinajstić information content (AvgIpc) is 2.73. The fourth-order valence-corrected chi connectivity index (χ4v) is 3.12. The molecule has 1 aliphatic rings. The van der Waals surface area contributed by atoms with E-state index in [0.717, 1.165) is 6.42 Å². The lowest BCUT2D eigenvalue weighted by Crippen LogP contribution is -2.50. The third kappa shape index (κ3) is 4.16. The molecule has 0 atom stereocenters. The van der Waals surface area contributed by atoms with Crippen LogP contribution in [0.4, 0.5) is 0 Å². The topological polar surface area (TPSA) is 77.9 Å². The van der Waals surface area contributed by atoms with Gasteiger partial charge in [0.1, 0.15) is 0 Å². The highest BCUT2D eigenvalue weighted by Gasteiger charge is 2.25. The Labute approximate surface area is 158 Å². The highest BCUT2D eigenvalue weighted by Crippen LogP contribution is 2.14. The van der Waals surface area contributed by atoms with Crippen LogP contribution in [0.3, 0.4) is 0 Å². The minimum Gasteiger partial charge on any atom is -0.478 e. The maximum Gasteiger partial charge on any atom is 0.335 e. The molecule has 2 aromatic rings. The van der Waals surface area contributed by atoms with E-state index in [2.05, 4.69) is 6.92 Å². The van der Waals surface area contributed by atoms with Crippen molar-refractivity contribution < 1.29 is 19.5 Å².